The number of benzene rings is 1. The van der Waals surface area contributed by atoms with E-state index in [2.05, 4.69) is 6.92 Å². The molecule has 1 saturated carbocycles. The number of nitrogens with one attached hydrogen (secondary N) is 1. The summed E-state index contributed by atoms with van der Waals surface area (Å²) in [7, 11) is 1.59. The van der Waals surface area contributed by atoms with Gasteiger partial charge in [0, 0.05) is 0 Å². The molecule has 0 amide bonds. The fourth-order valence-electron chi connectivity index (χ4n) is 2.66. The summed E-state index contributed by atoms with van der Waals surface area (Å²) in [6.45, 7) is 2.90. The van der Waals surface area contributed by atoms with E-state index < -0.39 is 0 Å². The summed E-state index contributed by atoms with van der Waals surface area (Å²) in [5, 5.41) is 7.50. The van der Waals surface area contributed by atoms with Crippen LogP contribution in [0.4, 0.5) is 0 Å². The molecule has 1 aromatic rings. The Balaban J connectivity index is 1.94. The first kappa shape index (κ1) is 14.9. The van der Waals surface area contributed by atoms with E-state index in [-0.39, 0.29) is 5.84 Å². The Kier molecular flexibility index (Phi) is 5.01. The minimum atomic E-state index is 0.0237. The molecule has 1 fully saturated rings. The number of hydrogen-bond acceptors (Lipinski definition) is 3. The van der Waals surface area contributed by atoms with E-state index in [1.165, 1.54) is 12.8 Å². The lowest BCUT2D eigenvalue weighted by Crippen LogP contribution is -2.20. The average molecular weight is 276 g/mol. The molecule has 0 heterocycles. The van der Waals surface area contributed by atoms with Gasteiger partial charge < -0.3 is 15.2 Å². The van der Waals surface area contributed by atoms with Gasteiger partial charge in [0.05, 0.1) is 25.4 Å². The van der Waals surface area contributed by atoms with Crippen LogP contribution in [-0.2, 0) is 11.3 Å². The fraction of sp³-hybridized carbons (Fsp3) is 0.562. The number of nitrogens with two attached hydrogens (primary N) is 1. The smallest absolute Gasteiger partial charge is 0.130 e. The zero-order valence-electron chi connectivity index (χ0n) is 12.3. The molecule has 0 radical (unpaired) electrons. The molecule has 4 nitrogen and oxygen atoms in total. The maximum Gasteiger partial charge on any atom is 0.130 e. The molecule has 0 unspecified atom stereocenters. The number of methoxy groups -OCH3 is 1. The van der Waals surface area contributed by atoms with Crippen LogP contribution in [0, 0.1) is 11.3 Å². The van der Waals surface area contributed by atoms with Crippen LogP contribution in [-0.4, -0.2) is 19.0 Å². The van der Waals surface area contributed by atoms with Crippen LogP contribution in [0.1, 0.15) is 43.7 Å². The molecule has 0 aliphatic heterocycles. The topological polar surface area (TPSA) is 68.3 Å². The molecule has 2 rings (SSSR count). The molecule has 3 N–H and O–H groups in total. The quantitative estimate of drug-likeness (QED) is 0.641. The van der Waals surface area contributed by atoms with Crippen LogP contribution in [0.25, 0.3) is 0 Å². The van der Waals surface area contributed by atoms with Gasteiger partial charge in [0.15, 0.2) is 0 Å². The zero-order valence-corrected chi connectivity index (χ0v) is 12.3. The van der Waals surface area contributed by atoms with Crippen molar-refractivity contribution in [1.29, 1.82) is 5.41 Å². The third-order valence-corrected chi connectivity index (χ3v) is 4.00. The Hall–Kier alpha value is -1.55. The molecule has 20 heavy (non-hydrogen) atoms. The van der Waals surface area contributed by atoms with E-state index in [0.717, 1.165) is 24.3 Å². The molecule has 0 bridgehead atoms. The second-order valence-electron chi connectivity index (χ2n) is 5.64. The van der Waals surface area contributed by atoms with Gasteiger partial charge in [-0.2, -0.15) is 0 Å². The van der Waals surface area contributed by atoms with Crippen molar-refractivity contribution < 1.29 is 9.47 Å². The Morgan fingerprint density at radius 2 is 2.00 bits per heavy atom. The Morgan fingerprint density at radius 1 is 1.30 bits per heavy atom. The molecule has 0 atom stereocenters. The first-order valence-corrected chi connectivity index (χ1v) is 7.23. The van der Waals surface area contributed by atoms with Crippen molar-refractivity contribution in [1.82, 2.24) is 0 Å². The monoisotopic (exact) mass is 276 g/mol. The summed E-state index contributed by atoms with van der Waals surface area (Å²) in [6.07, 6.45) is 5.21. The van der Waals surface area contributed by atoms with E-state index in [9.17, 15) is 0 Å². The maximum absolute atomic E-state index is 7.50. The normalized spacial score (nSPS) is 22.5. The first-order chi connectivity index (χ1) is 9.60. The van der Waals surface area contributed by atoms with Crippen molar-refractivity contribution in [3.63, 3.8) is 0 Å². The summed E-state index contributed by atoms with van der Waals surface area (Å²) < 4.78 is 11.3. The lowest BCUT2D eigenvalue weighted by molar-refractivity contribution is 0.00871. The molecule has 0 aromatic heterocycles. The number of nitrogen functional groups attached to an aromatic ring is 1. The van der Waals surface area contributed by atoms with Crippen LogP contribution in [0.15, 0.2) is 18.2 Å². The number of ether oxygens (including phenoxy) is 2. The Morgan fingerprint density at radius 3 is 2.60 bits per heavy atom. The van der Waals surface area contributed by atoms with E-state index in [1.807, 2.05) is 18.2 Å². The SMILES string of the molecule is COc1cc(COC2CCC(C)CC2)ccc1C(=N)N. The number of rotatable bonds is 5. The second-order valence-corrected chi connectivity index (χ2v) is 5.64. The average Bonchev–Trinajstić information content (AvgIpc) is 2.46. The van der Waals surface area contributed by atoms with Crippen molar-refractivity contribution in [3.8, 4) is 5.75 Å². The second kappa shape index (κ2) is 6.75. The van der Waals surface area contributed by atoms with Gasteiger partial charge in [0.25, 0.3) is 0 Å². The van der Waals surface area contributed by atoms with Gasteiger partial charge in [-0.15, -0.1) is 0 Å². The highest BCUT2D eigenvalue weighted by atomic mass is 16.5. The lowest BCUT2D eigenvalue weighted by Gasteiger charge is -2.26. The molecule has 4 heteroatoms. The highest BCUT2D eigenvalue weighted by molar-refractivity contribution is 5.97. The summed E-state index contributed by atoms with van der Waals surface area (Å²) in [5.74, 6) is 1.50. The summed E-state index contributed by atoms with van der Waals surface area (Å²) in [4.78, 5) is 0. The fourth-order valence-corrected chi connectivity index (χ4v) is 2.66. The first-order valence-electron chi connectivity index (χ1n) is 7.23. The molecular formula is C16H24N2O2. The van der Waals surface area contributed by atoms with Crippen LogP contribution >= 0.6 is 0 Å². The summed E-state index contributed by atoms with van der Waals surface area (Å²) in [5.41, 5.74) is 7.20. The van der Waals surface area contributed by atoms with Crippen LogP contribution < -0.4 is 10.5 Å². The van der Waals surface area contributed by atoms with Gasteiger partial charge in [-0.25, -0.2) is 0 Å². The third-order valence-electron chi connectivity index (χ3n) is 4.00. The van der Waals surface area contributed by atoms with E-state index in [0.29, 0.717) is 24.0 Å². The Labute approximate surface area is 120 Å². The van der Waals surface area contributed by atoms with Gasteiger partial charge in [-0.05, 0) is 49.3 Å². The van der Waals surface area contributed by atoms with E-state index in [4.69, 9.17) is 20.6 Å². The third kappa shape index (κ3) is 3.73. The minimum Gasteiger partial charge on any atom is -0.496 e. The Bertz CT molecular complexity index is 466. The van der Waals surface area contributed by atoms with Crippen molar-refractivity contribution >= 4 is 5.84 Å². The molecule has 110 valence electrons. The van der Waals surface area contributed by atoms with Crippen molar-refractivity contribution in [2.75, 3.05) is 7.11 Å². The molecule has 1 aromatic carbocycles. The minimum absolute atomic E-state index is 0.0237. The predicted octanol–water partition coefficient (Wildman–Crippen LogP) is 3.07. The molecule has 0 saturated heterocycles. The van der Waals surface area contributed by atoms with Gasteiger partial charge in [0.1, 0.15) is 11.6 Å². The summed E-state index contributed by atoms with van der Waals surface area (Å²) in [6, 6.07) is 5.68. The maximum atomic E-state index is 7.50. The number of amidine groups is 1. The largest absolute Gasteiger partial charge is 0.496 e. The molecule has 1 aliphatic rings. The number of hydrogen-bond donors (Lipinski definition) is 2. The van der Waals surface area contributed by atoms with E-state index in [1.54, 1.807) is 7.11 Å². The van der Waals surface area contributed by atoms with Crippen LogP contribution in [0.5, 0.6) is 5.75 Å². The van der Waals surface area contributed by atoms with Crippen LogP contribution in [0.3, 0.4) is 0 Å². The van der Waals surface area contributed by atoms with Gasteiger partial charge in [0.2, 0.25) is 0 Å². The molecule has 1 aliphatic carbocycles. The van der Waals surface area contributed by atoms with Gasteiger partial charge in [-0.1, -0.05) is 13.0 Å². The highest BCUT2D eigenvalue weighted by Crippen LogP contribution is 2.27. The zero-order chi connectivity index (χ0) is 14.5. The lowest BCUT2D eigenvalue weighted by atomic mass is 9.89. The van der Waals surface area contributed by atoms with Gasteiger partial charge in [-0.3, -0.25) is 5.41 Å². The van der Waals surface area contributed by atoms with Crippen LogP contribution in [0.2, 0.25) is 0 Å². The standard InChI is InChI=1S/C16H24N2O2/c1-11-3-6-13(7-4-11)20-10-12-5-8-14(16(17)18)15(9-12)19-2/h5,8-9,11,13H,3-4,6-7,10H2,1-2H3,(H3,17,18). The van der Waals surface area contributed by atoms with Crippen molar-refractivity contribution in [3.05, 3.63) is 29.3 Å². The highest BCUT2D eigenvalue weighted by Gasteiger charge is 2.18. The van der Waals surface area contributed by atoms with E-state index >= 15 is 0 Å². The predicted molar refractivity (Wildman–Crippen MR) is 80.2 cm³/mol. The molecular weight excluding hydrogens is 252 g/mol. The van der Waals surface area contributed by atoms with Crippen molar-refractivity contribution in [2.45, 2.75) is 45.3 Å². The van der Waals surface area contributed by atoms with Gasteiger partial charge >= 0.3 is 0 Å². The van der Waals surface area contributed by atoms with Crippen molar-refractivity contribution in [2.24, 2.45) is 11.7 Å². The molecule has 0 spiro atoms. The summed E-state index contributed by atoms with van der Waals surface area (Å²) >= 11 is 0.